The van der Waals surface area contributed by atoms with Crippen LogP contribution in [-0.4, -0.2) is 20.0 Å². The van der Waals surface area contributed by atoms with Crippen LogP contribution in [0.2, 0.25) is 0 Å². The van der Waals surface area contributed by atoms with Crippen LogP contribution in [0.4, 0.5) is 5.69 Å². The van der Waals surface area contributed by atoms with E-state index < -0.39 is 0 Å². The summed E-state index contributed by atoms with van der Waals surface area (Å²) < 4.78 is 0. The summed E-state index contributed by atoms with van der Waals surface area (Å²) >= 11 is 0. The lowest BCUT2D eigenvalue weighted by atomic mass is 10.2. The second-order valence-corrected chi connectivity index (χ2v) is 4.49. The van der Waals surface area contributed by atoms with Crippen molar-refractivity contribution in [2.45, 2.75) is 13.0 Å². The van der Waals surface area contributed by atoms with Gasteiger partial charge in [-0.25, -0.2) is 0 Å². The highest BCUT2D eigenvalue weighted by atomic mass is 15.5. The number of hydrogen-bond donors (Lipinski definition) is 1. The number of anilines is 1. The summed E-state index contributed by atoms with van der Waals surface area (Å²) in [6, 6.07) is 14.1. The number of pyridine rings is 1. The molecule has 0 spiro atoms. The maximum Gasteiger partial charge on any atom is 0.0858 e. The molecule has 0 aliphatic carbocycles. The molecule has 3 rings (SSSR count). The lowest BCUT2D eigenvalue weighted by Crippen LogP contribution is -2.08. The van der Waals surface area contributed by atoms with Crippen molar-refractivity contribution in [1.82, 2.24) is 20.0 Å². The number of nitrogens with zero attached hydrogens (tertiary/aromatic N) is 4. The van der Waals surface area contributed by atoms with E-state index in [4.69, 9.17) is 0 Å². The molecule has 100 valence electrons. The van der Waals surface area contributed by atoms with Crippen LogP contribution in [0.1, 0.15) is 18.7 Å². The lowest BCUT2D eigenvalue weighted by Gasteiger charge is -2.14. The van der Waals surface area contributed by atoms with Crippen molar-refractivity contribution in [3.05, 3.63) is 66.7 Å². The molecule has 20 heavy (non-hydrogen) atoms. The Morgan fingerprint density at radius 1 is 0.950 bits per heavy atom. The molecular weight excluding hydrogens is 250 g/mol. The summed E-state index contributed by atoms with van der Waals surface area (Å²) in [5.41, 5.74) is 3.00. The van der Waals surface area contributed by atoms with Crippen LogP contribution in [0.15, 0.2) is 61.1 Å². The Balaban J connectivity index is 1.72. The molecule has 0 amide bonds. The minimum absolute atomic E-state index is 0.157. The molecule has 2 aromatic heterocycles. The fourth-order valence-electron chi connectivity index (χ4n) is 2.00. The van der Waals surface area contributed by atoms with E-state index in [9.17, 15) is 0 Å². The van der Waals surface area contributed by atoms with Gasteiger partial charge >= 0.3 is 0 Å². The van der Waals surface area contributed by atoms with Gasteiger partial charge in [-0.15, -0.1) is 0 Å². The highest BCUT2D eigenvalue weighted by molar-refractivity contribution is 5.49. The summed E-state index contributed by atoms with van der Waals surface area (Å²) in [5, 5.41) is 11.6. The van der Waals surface area contributed by atoms with E-state index in [0.29, 0.717) is 0 Å². The first-order valence-electron chi connectivity index (χ1n) is 6.47. The number of benzene rings is 1. The van der Waals surface area contributed by atoms with Crippen LogP contribution in [0.25, 0.3) is 5.69 Å². The average Bonchev–Trinajstić information content (AvgIpc) is 3.03. The van der Waals surface area contributed by atoms with Crippen LogP contribution in [0.5, 0.6) is 0 Å². The number of rotatable bonds is 4. The minimum Gasteiger partial charge on any atom is -0.377 e. The van der Waals surface area contributed by atoms with E-state index in [1.807, 2.05) is 42.5 Å². The van der Waals surface area contributed by atoms with E-state index in [1.54, 1.807) is 23.4 Å². The molecule has 0 aliphatic rings. The van der Waals surface area contributed by atoms with Crippen LogP contribution >= 0.6 is 0 Å². The molecule has 0 aliphatic heterocycles. The summed E-state index contributed by atoms with van der Waals surface area (Å²) in [5.74, 6) is 0. The molecular formula is C15H15N5. The zero-order chi connectivity index (χ0) is 13.8. The van der Waals surface area contributed by atoms with Gasteiger partial charge in [0, 0.05) is 11.9 Å². The molecule has 1 atom stereocenters. The van der Waals surface area contributed by atoms with Crippen LogP contribution in [-0.2, 0) is 0 Å². The van der Waals surface area contributed by atoms with E-state index in [2.05, 4.69) is 27.4 Å². The van der Waals surface area contributed by atoms with Gasteiger partial charge in [0.15, 0.2) is 0 Å². The van der Waals surface area contributed by atoms with Crippen LogP contribution in [0.3, 0.4) is 0 Å². The first-order chi connectivity index (χ1) is 9.83. The normalized spacial score (nSPS) is 12.1. The maximum atomic E-state index is 4.35. The molecule has 1 unspecified atom stereocenters. The van der Waals surface area contributed by atoms with Crippen molar-refractivity contribution >= 4 is 5.69 Å². The molecule has 0 saturated heterocycles. The molecule has 0 radical (unpaired) electrons. The van der Waals surface area contributed by atoms with Crippen LogP contribution in [0, 0.1) is 0 Å². The standard InChI is InChI=1S/C15H15N5/c1-12(15-4-2-3-9-16-15)19-13-5-7-14(8-6-13)20-17-10-11-18-20/h2-12,19H,1H3. The van der Waals surface area contributed by atoms with Crippen molar-refractivity contribution < 1.29 is 0 Å². The predicted octanol–water partition coefficient (Wildman–Crippen LogP) is 2.84. The number of hydrogen-bond acceptors (Lipinski definition) is 4. The molecule has 1 aromatic carbocycles. The molecule has 5 nitrogen and oxygen atoms in total. The Hall–Kier alpha value is -2.69. The minimum atomic E-state index is 0.157. The molecule has 0 bridgehead atoms. The molecule has 5 heteroatoms. The smallest absolute Gasteiger partial charge is 0.0858 e. The van der Waals surface area contributed by atoms with Gasteiger partial charge < -0.3 is 5.32 Å². The van der Waals surface area contributed by atoms with Gasteiger partial charge in [0.05, 0.1) is 29.8 Å². The second kappa shape index (κ2) is 5.52. The van der Waals surface area contributed by atoms with Gasteiger partial charge in [-0.2, -0.15) is 15.0 Å². The first-order valence-corrected chi connectivity index (χ1v) is 6.47. The summed E-state index contributed by atoms with van der Waals surface area (Å²) in [7, 11) is 0. The Morgan fingerprint density at radius 3 is 2.35 bits per heavy atom. The van der Waals surface area contributed by atoms with E-state index in [1.165, 1.54) is 0 Å². The van der Waals surface area contributed by atoms with E-state index in [0.717, 1.165) is 17.1 Å². The van der Waals surface area contributed by atoms with Crippen molar-refractivity contribution in [3.63, 3.8) is 0 Å². The Morgan fingerprint density at radius 2 is 1.70 bits per heavy atom. The summed E-state index contributed by atoms with van der Waals surface area (Å²) in [6.45, 7) is 2.09. The van der Waals surface area contributed by atoms with Gasteiger partial charge in [-0.3, -0.25) is 4.98 Å². The van der Waals surface area contributed by atoms with Gasteiger partial charge in [0.1, 0.15) is 0 Å². The zero-order valence-electron chi connectivity index (χ0n) is 11.1. The quantitative estimate of drug-likeness (QED) is 0.788. The van der Waals surface area contributed by atoms with E-state index >= 15 is 0 Å². The van der Waals surface area contributed by atoms with Crippen molar-refractivity contribution in [2.24, 2.45) is 0 Å². The molecule has 1 N–H and O–H groups in total. The predicted molar refractivity (Wildman–Crippen MR) is 77.6 cm³/mol. The number of nitrogens with one attached hydrogen (secondary N) is 1. The Labute approximate surface area is 117 Å². The first kappa shape index (κ1) is 12.3. The third kappa shape index (κ3) is 2.66. The Bertz CT molecular complexity index is 647. The third-order valence-corrected chi connectivity index (χ3v) is 3.03. The van der Waals surface area contributed by atoms with Crippen LogP contribution < -0.4 is 5.32 Å². The fraction of sp³-hybridized carbons (Fsp3) is 0.133. The molecule has 3 aromatic rings. The van der Waals surface area contributed by atoms with Crippen molar-refractivity contribution in [2.75, 3.05) is 5.32 Å². The molecule has 0 saturated carbocycles. The topological polar surface area (TPSA) is 55.6 Å². The highest BCUT2D eigenvalue weighted by Crippen LogP contribution is 2.18. The summed E-state index contributed by atoms with van der Waals surface area (Å²) in [6.07, 6.45) is 5.13. The SMILES string of the molecule is CC(Nc1ccc(-n2nccn2)cc1)c1ccccn1. The largest absolute Gasteiger partial charge is 0.377 e. The lowest BCUT2D eigenvalue weighted by molar-refractivity contribution is 0.752. The average molecular weight is 265 g/mol. The monoisotopic (exact) mass is 265 g/mol. The van der Waals surface area contributed by atoms with Gasteiger partial charge in [0.25, 0.3) is 0 Å². The Kier molecular flexibility index (Phi) is 3.41. The number of aromatic nitrogens is 4. The third-order valence-electron chi connectivity index (χ3n) is 3.03. The zero-order valence-corrected chi connectivity index (χ0v) is 11.1. The van der Waals surface area contributed by atoms with Gasteiger partial charge in [-0.05, 0) is 43.3 Å². The van der Waals surface area contributed by atoms with Crippen molar-refractivity contribution in [3.8, 4) is 5.69 Å². The van der Waals surface area contributed by atoms with Crippen molar-refractivity contribution in [1.29, 1.82) is 0 Å². The molecule has 2 heterocycles. The van der Waals surface area contributed by atoms with Gasteiger partial charge in [-0.1, -0.05) is 6.07 Å². The second-order valence-electron chi connectivity index (χ2n) is 4.49. The van der Waals surface area contributed by atoms with E-state index in [-0.39, 0.29) is 6.04 Å². The fourth-order valence-corrected chi connectivity index (χ4v) is 2.00. The van der Waals surface area contributed by atoms with Gasteiger partial charge in [0.2, 0.25) is 0 Å². The maximum absolute atomic E-state index is 4.35. The molecule has 0 fully saturated rings. The summed E-state index contributed by atoms with van der Waals surface area (Å²) in [4.78, 5) is 5.94. The highest BCUT2D eigenvalue weighted by Gasteiger charge is 2.06.